The maximum absolute atomic E-state index is 12.0. The molecule has 0 aliphatic rings. The molecule has 0 aliphatic heterocycles. The number of aryl methyl sites for hydroxylation is 2. The minimum atomic E-state index is -0.334. The summed E-state index contributed by atoms with van der Waals surface area (Å²) < 4.78 is 4.98. The van der Waals surface area contributed by atoms with Crippen LogP contribution >= 0.6 is 0 Å². The molecule has 2 amide bonds. The molecule has 0 saturated heterocycles. The summed E-state index contributed by atoms with van der Waals surface area (Å²) in [6, 6.07) is 0. The molecular formula is C13H21N3O3. The third-order valence-electron chi connectivity index (χ3n) is 2.42. The van der Waals surface area contributed by atoms with Gasteiger partial charge in [-0.3, -0.25) is 9.59 Å². The number of carbonyl (C=O) groups excluding carboxylic acids is 2. The van der Waals surface area contributed by atoms with Crippen molar-refractivity contribution in [3.05, 3.63) is 17.0 Å². The maximum atomic E-state index is 12.0. The zero-order valence-electron chi connectivity index (χ0n) is 12.1. The molecule has 0 saturated carbocycles. The fraction of sp³-hybridized carbons (Fsp3) is 0.615. The van der Waals surface area contributed by atoms with E-state index in [0.29, 0.717) is 23.4 Å². The molecule has 6 nitrogen and oxygen atoms in total. The van der Waals surface area contributed by atoms with Gasteiger partial charge in [0.2, 0.25) is 5.91 Å². The summed E-state index contributed by atoms with van der Waals surface area (Å²) >= 11 is 0. The predicted molar refractivity (Wildman–Crippen MR) is 70.8 cm³/mol. The molecule has 0 radical (unpaired) electrons. The lowest BCUT2D eigenvalue weighted by Crippen LogP contribution is -2.45. The first-order valence-corrected chi connectivity index (χ1v) is 6.29. The Morgan fingerprint density at radius 2 is 1.95 bits per heavy atom. The smallest absolute Gasteiger partial charge is 0.257 e. The number of nitrogens with zero attached hydrogens (tertiary/aromatic N) is 1. The van der Waals surface area contributed by atoms with Gasteiger partial charge in [-0.15, -0.1) is 0 Å². The maximum Gasteiger partial charge on any atom is 0.257 e. The van der Waals surface area contributed by atoms with Crippen LogP contribution in [0.4, 0.5) is 0 Å². The number of nitrogens with one attached hydrogen (secondary N) is 2. The van der Waals surface area contributed by atoms with Crippen LogP contribution in [-0.4, -0.2) is 29.1 Å². The van der Waals surface area contributed by atoms with Gasteiger partial charge in [-0.2, -0.15) is 0 Å². The second-order valence-corrected chi connectivity index (χ2v) is 5.39. The molecule has 2 N–H and O–H groups in total. The van der Waals surface area contributed by atoms with E-state index in [1.54, 1.807) is 6.92 Å². The molecule has 0 unspecified atom stereocenters. The van der Waals surface area contributed by atoms with Crippen molar-refractivity contribution in [1.82, 2.24) is 15.8 Å². The standard InChI is InChI=1S/C13H21N3O3/c1-6-9-11(8(2)19-16-9)12(18)14-7-10(17)15-13(3,4)5/h6-7H2,1-5H3,(H,14,18)(H,15,17). The van der Waals surface area contributed by atoms with E-state index in [-0.39, 0.29) is 23.9 Å². The van der Waals surface area contributed by atoms with Gasteiger partial charge in [-0.25, -0.2) is 0 Å². The molecule has 106 valence electrons. The lowest BCUT2D eigenvalue weighted by molar-refractivity contribution is -0.121. The van der Waals surface area contributed by atoms with Crippen LogP contribution in [-0.2, 0) is 11.2 Å². The van der Waals surface area contributed by atoms with Gasteiger partial charge in [0.15, 0.2) is 0 Å². The Balaban J connectivity index is 2.61. The summed E-state index contributed by atoms with van der Waals surface area (Å²) in [6.45, 7) is 9.14. The van der Waals surface area contributed by atoms with Crippen molar-refractivity contribution in [2.24, 2.45) is 0 Å². The first-order chi connectivity index (χ1) is 8.74. The van der Waals surface area contributed by atoms with Crippen molar-refractivity contribution in [1.29, 1.82) is 0 Å². The van der Waals surface area contributed by atoms with Gasteiger partial charge in [-0.05, 0) is 34.1 Å². The molecular weight excluding hydrogens is 246 g/mol. The van der Waals surface area contributed by atoms with Crippen LogP contribution in [0.5, 0.6) is 0 Å². The second kappa shape index (κ2) is 5.86. The van der Waals surface area contributed by atoms with E-state index in [0.717, 1.165) is 0 Å². The number of hydrogen-bond donors (Lipinski definition) is 2. The van der Waals surface area contributed by atoms with Crippen molar-refractivity contribution in [3.63, 3.8) is 0 Å². The third-order valence-corrected chi connectivity index (χ3v) is 2.42. The topological polar surface area (TPSA) is 84.2 Å². The molecule has 1 aromatic rings. The molecule has 19 heavy (non-hydrogen) atoms. The second-order valence-electron chi connectivity index (χ2n) is 5.39. The average molecular weight is 267 g/mol. The van der Waals surface area contributed by atoms with E-state index in [9.17, 15) is 9.59 Å². The summed E-state index contributed by atoms with van der Waals surface area (Å²) in [5.74, 6) is -0.0988. The Morgan fingerprint density at radius 3 is 2.47 bits per heavy atom. The van der Waals surface area contributed by atoms with Crippen molar-refractivity contribution in [3.8, 4) is 0 Å². The highest BCUT2D eigenvalue weighted by Gasteiger charge is 2.20. The van der Waals surface area contributed by atoms with E-state index in [1.165, 1.54) is 0 Å². The molecule has 1 rings (SSSR count). The van der Waals surface area contributed by atoms with E-state index in [4.69, 9.17) is 4.52 Å². The third kappa shape index (κ3) is 4.39. The van der Waals surface area contributed by atoms with Gasteiger partial charge < -0.3 is 15.2 Å². The van der Waals surface area contributed by atoms with Crippen LogP contribution in [0.2, 0.25) is 0 Å². The van der Waals surface area contributed by atoms with E-state index >= 15 is 0 Å². The number of carbonyl (C=O) groups is 2. The Bertz CT molecular complexity index is 472. The molecule has 1 aromatic heterocycles. The largest absolute Gasteiger partial charge is 0.361 e. The van der Waals surface area contributed by atoms with Crippen molar-refractivity contribution in [2.75, 3.05) is 6.54 Å². The Kier molecular flexibility index (Phi) is 4.69. The zero-order chi connectivity index (χ0) is 14.6. The average Bonchev–Trinajstić information content (AvgIpc) is 2.65. The van der Waals surface area contributed by atoms with E-state index in [1.807, 2.05) is 27.7 Å². The molecule has 6 heteroatoms. The Morgan fingerprint density at radius 1 is 1.32 bits per heavy atom. The summed E-state index contributed by atoms with van der Waals surface area (Å²) in [4.78, 5) is 23.6. The molecule has 0 bridgehead atoms. The van der Waals surface area contributed by atoms with Crippen LogP contribution in [0, 0.1) is 6.92 Å². The van der Waals surface area contributed by atoms with E-state index in [2.05, 4.69) is 15.8 Å². The first kappa shape index (κ1) is 15.2. The SMILES string of the molecule is CCc1noc(C)c1C(=O)NCC(=O)NC(C)(C)C. The highest BCUT2D eigenvalue weighted by Crippen LogP contribution is 2.13. The van der Waals surface area contributed by atoms with Gasteiger partial charge >= 0.3 is 0 Å². The normalized spacial score (nSPS) is 11.2. The van der Waals surface area contributed by atoms with E-state index < -0.39 is 0 Å². The minimum Gasteiger partial charge on any atom is -0.361 e. The molecule has 0 fully saturated rings. The molecule has 0 aromatic carbocycles. The molecule has 0 spiro atoms. The lowest BCUT2D eigenvalue weighted by Gasteiger charge is -2.20. The Labute approximate surface area is 112 Å². The number of rotatable bonds is 4. The highest BCUT2D eigenvalue weighted by molar-refractivity contribution is 5.98. The van der Waals surface area contributed by atoms with Crippen molar-refractivity contribution < 1.29 is 14.1 Å². The van der Waals surface area contributed by atoms with Gasteiger partial charge in [0.1, 0.15) is 11.3 Å². The number of aromatic nitrogens is 1. The first-order valence-electron chi connectivity index (χ1n) is 6.29. The van der Waals surface area contributed by atoms with Crippen LogP contribution in [0.25, 0.3) is 0 Å². The molecule has 0 aliphatic carbocycles. The van der Waals surface area contributed by atoms with Gasteiger partial charge in [0.25, 0.3) is 5.91 Å². The van der Waals surface area contributed by atoms with Crippen LogP contribution in [0.1, 0.15) is 49.5 Å². The van der Waals surface area contributed by atoms with Crippen molar-refractivity contribution >= 4 is 11.8 Å². The minimum absolute atomic E-state index is 0.0656. The predicted octanol–water partition coefficient (Wildman–Crippen LogP) is 1.19. The fourth-order valence-electron chi connectivity index (χ4n) is 1.66. The highest BCUT2D eigenvalue weighted by atomic mass is 16.5. The lowest BCUT2D eigenvalue weighted by atomic mass is 10.1. The summed E-state index contributed by atoms with van der Waals surface area (Å²) in [7, 11) is 0. The van der Waals surface area contributed by atoms with Gasteiger partial charge in [-0.1, -0.05) is 12.1 Å². The summed E-state index contributed by atoms with van der Waals surface area (Å²) in [5, 5.41) is 9.15. The van der Waals surface area contributed by atoms with Crippen molar-refractivity contribution in [2.45, 2.75) is 46.6 Å². The van der Waals surface area contributed by atoms with Gasteiger partial charge in [0.05, 0.1) is 12.2 Å². The monoisotopic (exact) mass is 267 g/mol. The zero-order valence-corrected chi connectivity index (χ0v) is 12.1. The number of amides is 2. The van der Waals surface area contributed by atoms with Crippen LogP contribution in [0.3, 0.4) is 0 Å². The molecule has 0 atom stereocenters. The Hall–Kier alpha value is -1.85. The van der Waals surface area contributed by atoms with Gasteiger partial charge in [0, 0.05) is 5.54 Å². The van der Waals surface area contributed by atoms with Crippen LogP contribution in [0.15, 0.2) is 4.52 Å². The quantitative estimate of drug-likeness (QED) is 0.858. The van der Waals surface area contributed by atoms with Crippen LogP contribution < -0.4 is 10.6 Å². The number of hydrogen-bond acceptors (Lipinski definition) is 4. The molecule has 1 heterocycles. The summed E-state index contributed by atoms with van der Waals surface area (Å²) in [6.07, 6.45) is 0.605. The summed E-state index contributed by atoms with van der Waals surface area (Å²) in [5.41, 5.74) is 0.709. The fourth-order valence-corrected chi connectivity index (χ4v) is 1.66.